The maximum absolute atomic E-state index is 11.8. The molecule has 1 aliphatic rings. The second-order valence-corrected chi connectivity index (χ2v) is 5.15. The predicted molar refractivity (Wildman–Crippen MR) is 76.1 cm³/mol. The van der Waals surface area contributed by atoms with Crippen LogP contribution in [0.15, 0.2) is 30.6 Å². The predicted octanol–water partition coefficient (Wildman–Crippen LogP) is 2.56. The van der Waals surface area contributed by atoms with Crippen molar-refractivity contribution < 1.29 is 9.53 Å². The first-order valence-corrected chi connectivity index (χ1v) is 6.99. The lowest BCUT2D eigenvalue weighted by atomic mass is 9.90. The number of fused-ring (bicyclic) bond motifs is 1. The van der Waals surface area contributed by atoms with E-state index in [9.17, 15) is 4.79 Å². The molecular formula is C16H18N2O2. The minimum Gasteiger partial charge on any atom is -0.493 e. The Morgan fingerprint density at radius 3 is 3.05 bits per heavy atom. The first kappa shape index (κ1) is 12.9. The number of ether oxygens (including phenoxy) is 1. The molecule has 0 saturated heterocycles. The summed E-state index contributed by atoms with van der Waals surface area (Å²) in [6, 6.07) is 5.79. The van der Waals surface area contributed by atoms with Crippen LogP contribution in [0.3, 0.4) is 0 Å². The van der Waals surface area contributed by atoms with Crippen LogP contribution in [0.1, 0.15) is 34.6 Å². The van der Waals surface area contributed by atoms with Crippen LogP contribution in [-0.4, -0.2) is 21.9 Å². The van der Waals surface area contributed by atoms with Crippen LogP contribution >= 0.6 is 0 Å². The van der Waals surface area contributed by atoms with E-state index in [4.69, 9.17) is 4.74 Å². The molecule has 4 heteroatoms. The van der Waals surface area contributed by atoms with Gasteiger partial charge in [0.25, 0.3) is 0 Å². The van der Waals surface area contributed by atoms with Gasteiger partial charge in [0.1, 0.15) is 11.6 Å². The molecule has 1 aromatic heterocycles. The Morgan fingerprint density at radius 2 is 2.25 bits per heavy atom. The number of nitrogens with zero attached hydrogens (tertiary/aromatic N) is 2. The highest BCUT2D eigenvalue weighted by atomic mass is 16.5. The summed E-state index contributed by atoms with van der Waals surface area (Å²) in [7, 11) is 1.98. The van der Waals surface area contributed by atoms with Crippen molar-refractivity contribution in [2.45, 2.75) is 25.7 Å². The fourth-order valence-corrected chi connectivity index (χ4v) is 2.61. The molecule has 2 aromatic rings. The third kappa shape index (κ3) is 2.59. The summed E-state index contributed by atoms with van der Waals surface area (Å²) in [5, 5.41) is 0. The van der Waals surface area contributed by atoms with Gasteiger partial charge in [0, 0.05) is 37.8 Å². The van der Waals surface area contributed by atoms with Crippen LogP contribution in [0, 0.1) is 0 Å². The number of aryl methyl sites for hydroxylation is 2. The zero-order chi connectivity index (χ0) is 13.9. The van der Waals surface area contributed by atoms with E-state index in [1.807, 2.05) is 36.0 Å². The second-order valence-electron chi connectivity index (χ2n) is 5.15. The van der Waals surface area contributed by atoms with Gasteiger partial charge in [-0.25, -0.2) is 4.98 Å². The smallest absolute Gasteiger partial charge is 0.163 e. The Balaban J connectivity index is 1.64. The maximum atomic E-state index is 11.8. The first-order valence-electron chi connectivity index (χ1n) is 6.99. The molecule has 1 aliphatic carbocycles. The zero-order valence-electron chi connectivity index (χ0n) is 11.6. The maximum Gasteiger partial charge on any atom is 0.163 e. The van der Waals surface area contributed by atoms with Crippen LogP contribution in [0.4, 0.5) is 0 Å². The lowest BCUT2D eigenvalue weighted by Crippen LogP contribution is -2.11. The van der Waals surface area contributed by atoms with Crippen LogP contribution in [0.5, 0.6) is 5.75 Å². The fraction of sp³-hybridized carbons (Fsp3) is 0.375. The number of imidazole rings is 1. The van der Waals surface area contributed by atoms with Crippen LogP contribution < -0.4 is 4.74 Å². The SMILES string of the molecule is Cn1ccnc1CCOc1ccc2c(c1)CCCC2=O. The van der Waals surface area contributed by atoms with E-state index in [-0.39, 0.29) is 5.78 Å². The summed E-state index contributed by atoms with van der Waals surface area (Å²) in [5.41, 5.74) is 1.99. The van der Waals surface area contributed by atoms with Gasteiger partial charge in [0.15, 0.2) is 5.78 Å². The van der Waals surface area contributed by atoms with Crippen molar-refractivity contribution in [1.82, 2.24) is 9.55 Å². The molecule has 0 radical (unpaired) electrons. The molecule has 0 fully saturated rings. The Morgan fingerprint density at radius 1 is 1.35 bits per heavy atom. The number of carbonyl (C=O) groups excluding carboxylic acids is 1. The lowest BCUT2D eigenvalue weighted by Gasteiger charge is -2.16. The van der Waals surface area contributed by atoms with Crippen molar-refractivity contribution in [1.29, 1.82) is 0 Å². The van der Waals surface area contributed by atoms with Crippen molar-refractivity contribution in [3.8, 4) is 5.75 Å². The number of benzene rings is 1. The average molecular weight is 270 g/mol. The van der Waals surface area contributed by atoms with Gasteiger partial charge < -0.3 is 9.30 Å². The normalized spacial score (nSPS) is 14.2. The van der Waals surface area contributed by atoms with E-state index < -0.39 is 0 Å². The monoisotopic (exact) mass is 270 g/mol. The highest BCUT2D eigenvalue weighted by Crippen LogP contribution is 2.25. The number of aromatic nitrogens is 2. The molecule has 0 saturated carbocycles. The number of hydrogen-bond donors (Lipinski definition) is 0. The second kappa shape index (κ2) is 5.49. The Labute approximate surface area is 118 Å². The van der Waals surface area contributed by atoms with Gasteiger partial charge in [-0.2, -0.15) is 0 Å². The molecule has 0 aliphatic heterocycles. The molecule has 0 spiro atoms. The minimum atomic E-state index is 0.255. The number of rotatable bonds is 4. The van der Waals surface area contributed by atoms with Gasteiger partial charge >= 0.3 is 0 Å². The van der Waals surface area contributed by atoms with Gasteiger partial charge in [-0.15, -0.1) is 0 Å². The quantitative estimate of drug-likeness (QED) is 0.857. The highest BCUT2D eigenvalue weighted by molar-refractivity contribution is 5.98. The summed E-state index contributed by atoms with van der Waals surface area (Å²) < 4.78 is 7.77. The molecule has 1 heterocycles. The fourth-order valence-electron chi connectivity index (χ4n) is 2.61. The van der Waals surface area contributed by atoms with Gasteiger partial charge in [0.2, 0.25) is 0 Å². The van der Waals surface area contributed by atoms with Gasteiger partial charge in [0.05, 0.1) is 6.61 Å². The molecule has 0 amide bonds. The van der Waals surface area contributed by atoms with Crippen LogP contribution in [-0.2, 0) is 19.9 Å². The van der Waals surface area contributed by atoms with Crippen LogP contribution in [0.2, 0.25) is 0 Å². The molecule has 4 nitrogen and oxygen atoms in total. The van der Waals surface area contributed by atoms with E-state index in [2.05, 4.69) is 4.98 Å². The molecule has 0 atom stereocenters. The van der Waals surface area contributed by atoms with Crippen molar-refractivity contribution >= 4 is 5.78 Å². The van der Waals surface area contributed by atoms with E-state index in [0.29, 0.717) is 13.0 Å². The zero-order valence-corrected chi connectivity index (χ0v) is 11.6. The third-order valence-electron chi connectivity index (χ3n) is 3.74. The number of hydrogen-bond acceptors (Lipinski definition) is 3. The van der Waals surface area contributed by atoms with E-state index in [1.165, 1.54) is 0 Å². The molecule has 0 unspecified atom stereocenters. The molecule has 0 bridgehead atoms. The summed E-state index contributed by atoms with van der Waals surface area (Å²) >= 11 is 0. The molecule has 3 rings (SSSR count). The van der Waals surface area contributed by atoms with Gasteiger partial charge in [-0.05, 0) is 36.6 Å². The molecule has 1 aromatic carbocycles. The van der Waals surface area contributed by atoms with E-state index in [1.54, 1.807) is 6.20 Å². The first-order chi connectivity index (χ1) is 9.74. The molecule has 104 valence electrons. The Kier molecular flexibility index (Phi) is 3.54. The van der Waals surface area contributed by atoms with Gasteiger partial charge in [-0.3, -0.25) is 4.79 Å². The lowest BCUT2D eigenvalue weighted by molar-refractivity contribution is 0.0972. The van der Waals surface area contributed by atoms with Crippen molar-refractivity contribution in [2.75, 3.05) is 6.61 Å². The minimum absolute atomic E-state index is 0.255. The van der Waals surface area contributed by atoms with Crippen LogP contribution in [0.25, 0.3) is 0 Å². The number of ketones is 1. The summed E-state index contributed by atoms with van der Waals surface area (Å²) in [5.74, 6) is 2.11. The standard InChI is InChI=1S/C16H18N2O2/c1-18-9-8-17-16(18)7-10-20-13-5-6-14-12(11-13)3-2-4-15(14)19/h5-6,8-9,11H,2-4,7,10H2,1H3. The number of carbonyl (C=O) groups is 1. The average Bonchev–Trinajstić information content (AvgIpc) is 2.85. The van der Waals surface area contributed by atoms with Crippen molar-refractivity contribution in [3.63, 3.8) is 0 Å². The largest absolute Gasteiger partial charge is 0.493 e. The summed E-state index contributed by atoms with van der Waals surface area (Å²) in [6.45, 7) is 0.595. The highest BCUT2D eigenvalue weighted by Gasteiger charge is 2.17. The van der Waals surface area contributed by atoms with Gasteiger partial charge in [-0.1, -0.05) is 0 Å². The topological polar surface area (TPSA) is 44.1 Å². The van der Waals surface area contributed by atoms with Crippen molar-refractivity contribution in [2.24, 2.45) is 7.05 Å². The number of Topliss-reactive ketones (excluding diaryl/α,β-unsaturated/α-hetero) is 1. The summed E-state index contributed by atoms with van der Waals surface area (Å²) in [4.78, 5) is 16.0. The van der Waals surface area contributed by atoms with E-state index >= 15 is 0 Å². The molecule has 20 heavy (non-hydrogen) atoms. The molecular weight excluding hydrogens is 252 g/mol. The third-order valence-corrected chi connectivity index (χ3v) is 3.74. The van der Waals surface area contributed by atoms with E-state index in [0.717, 1.165) is 42.0 Å². The Hall–Kier alpha value is -2.10. The molecule has 0 N–H and O–H groups in total. The summed E-state index contributed by atoms with van der Waals surface area (Å²) in [6.07, 6.45) is 7.09. The Bertz CT molecular complexity index is 631. The van der Waals surface area contributed by atoms with Crippen molar-refractivity contribution in [3.05, 3.63) is 47.5 Å².